The third-order valence-corrected chi connectivity index (χ3v) is 3.53. The lowest BCUT2D eigenvalue weighted by atomic mass is 10.5. The zero-order valence-electron chi connectivity index (χ0n) is 11.1. The first kappa shape index (κ1) is 14.6. The van der Waals surface area contributed by atoms with E-state index in [1.165, 1.54) is 0 Å². The first-order chi connectivity index (χ1) is 8.56. The molecule has 0 radical (unpaired) electrons. The molecule has 102 valence electrons. The van der Waals surface area contributed by atoms with Gasteiger partial charge in [-0.2, -0.15) is 15.0 Å². The maximum atomic E-state index is 11.2. The SMILES string of the molecule is CCOc1nc(NC)nc(NCC(C)S(C)=O)n1. The second-order valence-electron chi connectivity index (χ2n) is 3.64. The quantitative estimate of drug-likeness (QED) is 0.747. The van der Waals surface area contributed by atoms with Crippen LogP contribution >= 0.6 is 0 Å². The molecule has 0 saturated heterocycles. The molecule has 0 spiro atoms. The van der Waals surface area contributed by atoms with Crippen LogP contribution in [0.5, 0.6) is 6.01 Å². The minimum absolute atomic E-state index is 0.0235. The Labute approximate surface area is 109 Å². The summed E-state index contributed by atoms with van der Waals surface area (Å²) in [5.74, 6) is 0.844. The fourth-order valence-corrected chi connectivity index (χ4v) is 1.41. The molecule has 1 heterocycles. The van der Waals surface area contributed by atoms with Gasteiger partial charge < -0.3 is 15.4 Å². The number of hydrogen-bond acceptors (Lipinski definition) is 7. The van der Waals surface area contributed by atoms with Gasteiger partial charge in [0.15, 0.2) is 0 Å². The average molecular weight is 273 g/mol. The van der Waals surface area contributed by atoms with Gasteiger partial charge in [-0.05, 0) is 13.8 Å². The Kier molecular flexibility index (Phi) is 5.76. The van der Waals surface area contributed by atoms with Crippen LogP contribution in [0.2, 0.25) is 0 Å². The van der Waals surface area contributed by atoms with E-state index in [1.807, 2.05) is 13.8 Å². The van der Waals surface area contributed by atoms with Gasteiger partial charge in [-0.3, -0.25) is 4.21 Å². The van der Waals surface area contributed by atoms with Gasteiger partial charge in [-0.1, -0.05) is 0 Å². The Morgan fingerprint density at radius 3 is 2.56 bits per heavy atom. The number of nitrogens with zero attached hydrogens (tertiary/aromatic N) is 3. The van der Waals surface area contributed by atoms with E-state index < -0.39 is 10.8 Å². The van der Waals surface area contributed by atoms with Crippen molar-refractivity contribution in [3.05, 3.63) is 0 Å². The fourth-order valence-electron chi connectivity index (χ4n) is 1.09. The maximum Gasteiger partial charge on any atom is 0.323 e. The molecule has 18 heavy (non-hydrogen) atoms. The molecular formula is C10H19N5O2S. The van der Waals surface area contributed by atoms with Crippen molar-refractivity contribution < 1.29 is 8.95 Å². The molecule has 0 aromatic carbocycles. The summed E-state index contributed by atoms with van der Waals surface area (Å²) in [4.78, 5) is 12.3. The first-order valence-electron chi connectivity index (χ1n) is 5.69. The highest BCUT2D eigenvalue weighted by Crippen LogP contribution is 2.10. The number of hydrogen-bond donors (Lipinski definition) is 2. The van der Waals surface area contributed by atoms with Crippen molar-refractivity contribution in [3.8, 4) is 6.01 Å². The van der Waals surface area contributed by atoms with Gasteiger partial charge in [0.1, 0.15) is 0 Å². The molecule has 2 N–H and O–H groups in total. The van der Waals surface area contributed by atoms with Gasteiger partial charge in [-0.15, -0.1) is 0 Å². The van der Waals surface area contributed by atoms with Crippen LogP contribution in [-0.2, 0) is 10.8 Å². The molecule has 0 saturated carbocycles. The Balaban J connectivity index is 2.74. The number of aromatic nitrogens is 3. The van der Waals surface area contributed by atoms with Gasteiger partial charge in [0.2, 0.25) is 11.9 Å². The third kappa shape index (κ3) is 4.44. The van der Waals surface area contributed by atoms with Crippen molar-refractivity contribution in [2.24, 2.45) is 0 Å². The van der Waals surface area contributed by atoms with E-state index in [1.54, 1.807) is 13.3 Å². The van der Waals surface area contributed by atoms with Gasteiger partial charge >= 0.3 is 6.01 Å². The van der Waals surface area contributed by atoms with Gasteiger partial charge in [0, 0.05) is 35.9 Å². The van der Waals surface area contributed by atoms with E-state index in [0.29, 0.717) is 25.0 Å². The van der Waals surface area contributed by atoms with E-state index >= 15 is 0 Å². The van der Waals surface area contributed by atoms with Crippen LogP contribution < -0.4 is 15.4 Å². The largest absolute Gasteiger partial charge is 0.464 e. The van der Waals surface area contributed by atoms with Crippen molar-refractivity contribution in [1.29, 1.82) is 0 Å². The fraction of sp³-hybridized carbons (Fsp3) is 0.700. The summed E-state index contributed by atoms with van der Waals surface area (Å²) >= 11 is 0. The van der Waals surface area contributed by atoms with E-state index in [-0.39, 0.29) is 11.3 Å². The van der Waals surface area contributed by atoms with Crippen molar-refractivity contribution >= 4 is 22.7 Å². The molecule has 2 atom stereocenters. The highest BCUT2D eigenvalue weighted by atomic mass is 32.2. The standard InChI is InChI=1S/C10H19N5O2S/c1-5-17-10-14-8(11-3)13-9(15-10)12-6-7(2)18(4)16/h7H,5-6H2,1-4H3,(H2,11,12,13,14,15). The summed E-state index contributed by atoms with van der Waals surface area (Å²) in [7, 11) is 0.840. The molecule has 8 heteroatoms. The number of ether oxygens (including phenoxy) is 1. The summed E-state index contributed by atoms with van der Waals surface area (Å²) in [6.45, 7) is 4.77. The van der Waals surface area contributed by atoms with E-state index in [9.17, 15) is 4.21 Å². The van der Waals surface area contributed by atoms with Crippen molar-refractivity contribution in [3.63, 3.8) is 0 Å². The molecule has 1 rings (SSSR count). The summed E-state index contributed by atoms with van der Waals surface area (Å²) in [5, 5.41) is 5.88. The summed E-state index contributed by atoms with van der Waals surface area (Å²) in [5.41, 5.74) is 0. The highest BCUT2D eigenvalue weighted by molar-refractivity contribution is 7.84. The molecule has 0 aliphatic carbocycles. The second kappa shape index (κ2) is 7.10. The number of rotatable bonds is 7. The molecule has 2 unspecified atom stereocenters. The van der Waals surface area contributed by atoms with Crippen LogP contribution in [0.4, 0.5) is 11.9 Å². The molecule has 0 fully saturated rings. The maximum absolute atomic E-state index is 11.2. The van der Waals surface area contributed by atoms with Crippen LogP contribution in [0.15, 0.2) is 0 Å². The minimum atomic E-state index is -0.880. The lowest BCUT2D eigenvalue weighted by molar-refractivity contribution is 0.312. The van der Waals surface area contributed by atoms with E-state index in [0.717, 1.165) is 0 Å². The van der Waals surface area contributed by atoms with Gasteiger partial charge in [0.05, 0.1) is 6.61 Å². The lowest BCUT2D eigenvalue weighted by Crippen LogP contribution is -2.22. The van der Waals surface area contributed by atoms with E-state index in [2.05, 4.69) is 25.6 Å². The highest BCUT2D eigenvalue weighted by Gasteiger charge is 2.09. The van der Waals surface area contributed by atoms with E-state index in [4.69, 9.17) is 4.74 Å². The molecule has 0 amide bonds. The Morgan fingerprint density at radius 1 is 1.33 bits per heavy atom. The smallest absolute Gasteiger partial charge is 0.323 e. The first-order valence-corrected chi connectivity index (χ1v) is 7.31. The predicted octanol–water partition coefficient (Wildman–Crippen LogP) is 0.491. The summed E-state index contributed by atoms with van der Waals surface area (Å²) in [6.07, 6.45) is 1.67. The van der Waals surface area contributed by atoms with Crippen LogP contribution in [-0.4, -0.2) is 50.9 Å². The van der Waals surface area contributed by atoms with Crippen LogP contribution in [0.1, 0.15) is 13.8 Å². The Bertz CT molecular complexity index is 415. The molecule has 7 nitrogen and oxygen atoms in total. The van der Waals surface area contributed by atoms with Crippen LogP contribution in [0.3, 0.4) is 0 Å². The van der Waals surface area contributed by atoms with Gasteiger partial charge in [-0.25, -0.2) is 0 Å². The minimum Gasteiger partial charge on any atom is -0.464 e. The van der Waals surface area contributed by atoms with Crippen LogP contribution in [0.25, 0.3) is 0 Å². The number of nitrogens with one attached hydrogen (secondary N) is 2. The number of anilines is 2. The monoisotopic (exact) mass is 273 g/mol. The van der Waals surface area contributed by atoms with Crippen molar-refractivity contribution in [1.82, 2.24) is 15.0 Å². The molecule has 0 aliphatic heterocycles. The molecule has 1 aromatic rings. The molecule has 0 bridgehead atoms. The van der Waals surface area contributed by atoms with Crippen molar-refractivity contribution in [2.45, 2.75) is 19.1 Å². The predicted molar refractivity (Wildman–Crippen MR) is 72.6 cm³/mol. The van der Waals surface area contributed by atoms with Crippen LogP contribution in [0, 0.1) is 0 Å². The molecule has 0 aliphatic rings. The topological polar surface area (TPSA) is 89.0 Å². The Morgan fingerprint density at radius 2 is 2.00 bits per heavy atom. The van der Waals surface area contributed by atoms with Crippen molar-refractivity contribution in [2.75, 3.05) is 37.1 Å². The zero-order valence-corrected chi connectivity index (χ0v) is 11.9. The molecule has 1 aromatic heterocycles. The van der Waals surface area contributed by atoms with Gasteiger partial charge in [0.25, 0.3) is 0 Å². The lowest BCUT2D eigenvalue weighted by Gasteiger charge is -2.11. The normalized spacial score (nSPS) is 13.8. The third-order valence-electron chi connectivity index (χ3n) is 2.23. The Hall–Kier alpha value is -1.44. The molecular weight excluding hydrogens is 254 g/mol. The summed E-state index contributed by atoms with van der Waals surface area (Å²) < 4.78 is 16.5. The second-order valence-corrected chi connectivity index (χ2v) is 5.44. The average Bonchev–Trinajstić information content (AvgIpc) is 2.35. The summed E-state index contributed by atoms with van der Waals surface area (Å²) in [6, 6.07) is 0.268. The zero-order chi connectivity index (χ0) is 13.5.